The van der Waals surface area contributed by atoms with Crippen molar-refractivity contribution in [3.63, 3.8) is 0 Å². The number of fused-ring (bicyclic) bond motifs is 1. The molecule has 3 rings (SSSR count). The summed E-state index contributed by atoms with van der Waals surface area (Å²) in [7, 11) is -4.32. The molecule has 0 aromatic heterocycles. The summed E-state index contributed by atoms with van der Waals surface area (Å²) >= 11 is 0. The molecular formula is C14H15F2NO5S. The zero-order chi connectivity index (χ0) is 16.8. The fourth-order valence-corrected chi connectivity index (χ4v) is 4.55. The van der Waals surface area contributed by atoms with Gasteiger partial charge in [0.25, 0.3) is 5.92 Å². The maximum atomic E-state index is 13.5. The minimum Gasteiger partial charge on any atom is -0.480 e. The van der Waals surface area contributed by atoms with Gasteiger partial charge in [-0.25, -0.2) is 17.2 Å². The molecule has 1 saturated heterocycles. The first-order chi connectivity index (χ1) is 10.7. The molecule has 1 aromatic rings. The predicted octanol–water partition coefficient (Wildman–Crippen LogP) is 1.24. The summed E-state index contributed by atoms with van der Waals surface area (Å²) in [5.74, 6) is -4.93. The van der Waals surface area contributed by atoms with E-state index in [1.807, 2.05) is 0 Å². The van der Waals surface area contributed by atoms with Crippen molar-refractivity contribution >= 4 is 16.0 Å². The summed E-state index contributed by atoms with van der Waals surface area (Å²) in [6, 6.07) is 2.56. The van der Waals surface area contributed by atoms with Crippen LogP contribution in [0.25, 0.3) is 0 Å². The number of aliphatic carboxylic acids is 1. The highest BCUT2D eigenvalue weighted by Gasteiger charge is 2.53. The molecule has 126 valence electrons. The van der Waals surface area contributed by atoms with Gasteiger partial charge in [-0.05, 0) is 29.7 Å². The molecule has 2 aliphatic rings. The van der Waals surface area contributed by atoms with Crippen molar-refractivity contribution in [3.05, 3.63) is 29.3 Å². The Hall–Kier alpha value is -1.58. The number of nitrogens with zero attached hydrogens (tertiary/aromatic N) is 1. The van der Waals surface area contributed by atoms with Crippen LogP contribution < -0.4 is 0 Å². The van der Waals surface area contributed by atoms with Crippen molar-refractivity contribution in [2.24, 2.45) is 0 Å². The van der Waals surface area contributed by atoms with Crippen molar-refractivity contribution in [2.45, 2.75) is 36.3 Å². The van der Waals surface area contributed by atoms with E-state index < -0.39 is 40.9 Å². The number of alkyl halides is 2. The van der Waals surface area contributed by atoms with E-state index in [-0.39, 0.29) is 11.5 Å². The number of halogens is 2. The zero-order valence-electron chi connectivity index (χ0n) is 12.0. The number of carboxylic acid groups (broad SMARTS) is 1. The van der Waals surface area contributed by atoms with Crippen LogP contribution in [-0.4, -0.2) is 48.9 Å². The summed E-state index contributed by atoms with van der Waals surface area (Å²) in [6.07, 6.45) is -0.370. The molecule has 1 atom stereocenters. The normalized spacial score (nSPS) is 24.3. The molecule has 2 aliphatic heterocycles. The number of rotatable bonds is 3. The summed E-state index contributed by atoms with van der Waals surface area (Å²) in [6.45, 7) is -0.338. The number of carboxylic acids is 1. The van der Waals surface area contributed by atoms with E-state index in [0.29, 0.717) is 22.9 Å². The third-order valence-corrected chi connectivity index (χ3v) is 5.92. The fourth-order valence-electron chi connectivity index (χ4n) is 2.89. The van der Waals surface area contributed by atoms with E-state index in [1.165, 1.54) is 12.1 Å². The van der Waals surface area contributed by atoms with Gasteiger partial charge in [-0.2, -0.15) is 4.31 Å². The average molecular weight is 347 g/mol. The van der Waals surface area contributed by atoms with Crippen LogP contribution in [0, 0.1) is 0 Å². The number of benzene rings is 1. The average Bonchev–Trinajstić information content (AvgIpc) is 2.83. The first-order valence-corrected chi connectivity index (χ1v) is 8.47. The second-order valence-electron chi connectivity index (χ2n) is 5.70. The highest BCUT2D eigenvalue weighted by atomic mass is 32.2. The first kappa shape index (κ1) is 16.3. The lowest BCUT2D eigenvalue weighted by Crippen LogP contribution is -2.40. The standard InChI is InChI=1S/C14H15F2NO5S/c15-14(16)6-12(13(18)19)17(8-14)23(20,21)11-2-1-9-3-4-22-7-10(9)5-11/h1-2,5,12H,3-4,6-8H2,(H,18,19)/t12-/m1/s1. The molecule has 1 N–H and O–H groups in total. The van der Waals surface area contributed by atoms with E-state index in [2.05, 4.69) is 0 Å². The lowest BCUT2D eigenvalue weighted by Gasteiger charge is -2.22. The van der Waals surface area contributed by atoms with Crippen LogP contribution in [0.1, 0.15) is 17.5 Å². The number of carbonyl (C=O) groups is 1. The van der Waals surface area contributed by atoms with Gasteiger partial charge in [-0.1, -0.05) is 6.07 Å². The van der Waals surface area contributed by atoms with Crippen molar-refractivity contribution in [1.82, 2.24) is 4.31 Å². The van der Waals surface area contributed by atoms with Crippen molar-refractivity contribution < 1.29 is 31.8 Å². The lowest BCUT2D eigenvalue weighted by atomic mass is 10.0. The Morgan fingerprint density at radius 3 is 2.78 bits per heavy atom. The van der Waals surface area contributed by atoms with E-state index in [4.69, 9.17) is 9.84 Å². The van der Waals surface area contributed by atoms with E-state index in [1.54, 1.807) is 6.07 Å². The van der Waals surface area contributed by atoms with E-state index in [9.17, 15) is 22.0 Å². The third-order valence-electron chi connectivity index (χ3n) is 4.07. The molecule has 0 amide bonds. The van der Waals surface area contributed by atoms with Crippen molar-refractivity contribution in [3.8, 4) is 0 Å². The van der Waals surface area contributed by atoms with Gasteiger partial charge in [-0.3, -0.25) is 4.79 Å². The van der Waals surface area contributed by atoms with Crippen molar-refractivity contribution in [2.75, 3.05) is 13.2 Å². The molecule has 2 heterocycles. The fraction of sp³-hybridized carbons (Fsp3) is 0.500. The number of hydrogen-bond acceptors (Lipinski definition) is 4. The predicted molar refractivity (Wildman–Crippen MR) is 74.7 cm³/mol. The van der Waals surface area contributed by atoms with Gasteiger partial charge in [0.15, 0.2) is 0 Å². The lowest BCUT2D eigenvalue weighted by molar-refractivity contribution is -0.141. The SMILES string of the molecule is O=C(O)[C@H]1CC(F)(F)CN1S(=O)(=O)c1ccc2c(c1)COCC2. The Morgan fingerprint density at radius 1 is 1.35 bits per heavy atom. The van der Waals surface area contributed by atoms with Crippen LogP contribution >= 0.6 is 0 Å². The molecule has 1 aromatic carbocycles. The third kappa shape index (κ3) is 2.96. The number of hydrogen-bond donors (Lipinski definition) is 1. The van der Waals surface area contributed by atoms with Gasteiger partial charge in [0.2, 0.25) is 10.0 Å². The number of ether oxygens (including phenoxy) is 1. The van der Waals surface area contributed by atoms with Gasteiger partial charge in [0, 0.05) is 6.42 Å². The number of sulfonamides is 1. The Bertz CT molecular complexity index is 750. The molecule has 0 unspecified atom stereocenters. The second-order valence-corrected chi connectivity index (χ2v) is 7.59. The second kappa shape index (κ2) is 5.50. The molecule has 9 heteroatoms. The molecule has 0 saturated carbocycles. The first-order valence-electron chi connectivity index (χ1n) is 7.03. The van der Waals surface area contributed by atoms with Gasteiger partial charge < -0.3 is 9.84 Å². The van der Waals surface area contributed by atoms with Crippen LogP contribution in [0.15, 0.2) is 23.1 Å². The maximum Gasteiger partial charge on any atom is 0.322 e. The molecule has 1 fully saturated rings. The Morgan fingerprint density at radius 2 is 2.09 bits per heavy atom. The quantitative estimate of drug-likeness (QED) is 0.889. The molecule has 6 nitrogen and oxygen atoms in total. The zero-order valence-corrected chi connectivity index (χ0v) is 12.9. The topological polar surface area (TPSA) is 83.9 Å². The minimum atomic E-state index is -4.32. The highest BCUT2D eigenvalue weighted by Crippen LogP contribution is 2.36. The Balaban J connectivity index is 1.99. The van der Waals surface area contributed by atoms with Crippen LogP contribution in [-0.2, 0) is 32.6 Å². The molecule has 0 spiro atoms. The molecule has 0 bridgehead atoms. The Labute approximate surface area is 131 Å². The van der Waals surface area contributed by atoms with E-state index >= 15 is 0 Å². The smallest absolute Gasteiger partial charge is 0.322 e. The van der Waals surface area contributed by atoms with Gasteiger partial charge in [0.1, 0.15) is 6.04 Å². The van der Waals surface area contributed by atoms with Crippen LogP contribution in [0.3, 0.4) is 0 Å². The van der Waals surface area contributed by atoms with Crippen molar-refractivity contribution in [1.29, 1.82) is 0 Å². The summed E-state index contributed by atoms with van der Waals surface area (Å²) in [4.78, 5) is 11.0. The molecule has 23 heavy (non-hydrogen) atoms. The minimum absolute atomic E-state index is 0.189. The molecule has 0 aliphatic carbocycles. The van der Waals surface area contributed by atoms with Gasteiger partial charge in [0.05, 0.1) is 24.7 Å². The summed E-state index contributed by atoms with van der Waals surface area (Å²) in [5, 5.41) is 9.06. The van der Waals surface area contributed by atoms with Crippen LogP contribution in [0.4, 0.5) is 8.78 Å². The van der Waals surface area contributed by atoms with Crippen LogP contribution in [0.5, 0.6) is 0 Å². The maximum absolute atomic E-state index is 13.5. The summed E-state index contributed by atoms with van der Waals surface area (Å²) in [5.41, 5.74) is 1.62. The van der Waals surface area contributed by atoms with E-state index in [0.717, 1.165) is 5.56 Å². The monoisotopic (exact) mass is 347 g/mol. The van der Waals surface area contributed by atoms with Gasteiger partial charge >= 0.3 is 5.97 Å². The van der Waals surface area contributed by atoms with Gasteiger partial charge in [-0.15, -0.1) is 0 Å². The molecule has 0 radical (unpaired) electrons. The summed E-state index contributed by atoms with van der Waals surface area (Å²) < 4.78 is 57.9. The largest absolute Gasteiger partial charge is 0.480 e. The van der Waals surface area contributed by atoms with Crippen LogP contribution in [0.2, 0.25) is 0 Å². The highest BCUT2D eigenvalue weighted by molar-refractivity contribution is 7.89. The molecular weight excluding hydrogens is 332 g/mol. The Kier molecular flexibility index (Phi) is 3.89.